The molecule has 1 unspecified atom stereocenters. The van der Waals surface area contributed by atoms with E-state index in [1.807, 2.05) is 0 Å². The molecule has 0 spiro atoms. The Bertz CT molecular complexity index is 542. The van der Waals surface area contributed by atoms with E-state index in [2.05, 4.69) is 5.32 Å². The van der Waals surface area contributed by atoms with Crippen LogP contribution in [-0.2, 0) is 4.79 Å². The summed E-state index contributed by atoms with van der Waals surface area (Å²) in [7, 11) is 0. The highest BCUT2D eigenvalue weighted by atomic mass is 16.4. The Kier molecular flexibility index (Phi) is 5.90. The Morgan fingerprint density at radius 2 is 2.00 bits per heavy atom. The number of carboxylic acid groups (broad SMARTS) is 1. The van der Waals surface area contributed by atoms with Crippen LogP contribution in [0.1, 0.15) is 31.1 Å². The molecule has 0 saturated carbocycles. The van der Waals surface area contributed by atoms with E-state index in [1.54, 1.807) is 38.1 Å². The average Bonchev–Trinajstić information content (AvgIpc) is 2.44. The maximum absolute atomic E-state index is 12.1. The normalized spacial score (nSPS) is 11.6. The lowest BCUT2D eigenvalue weighted by Gasteiger charge is -2.23. The molecule has 1 aromatic carbocycles. The van der Waals surface area contributed by atoms with Crippen LogP contribution in [0, 0.1) is 5.92 Å². The molecule has 0 aliphatic carbocycles. The van der Waals surface area contributed by atoms with Crippen molar-refractivity contribution in [3.63, 3.8) is 0 Å². The van der Waals surface area contributed by atoms with Crippen LogP contribution in [0.5, 0.6) is 0 Å². The van der Waals surface area contributed by atoms with Gasteiger partial charge in [-0.25, -0.2) is 4.79 Å². The Labute approximate surface area is 123 Å². The standard InChI is InChI=1S/C15H20N2O4/c1-4-17(9-10(2)14(19)20)15(21)16-13-7-5-6-12(8-13)11(3)18/h5-8,10H,4,9H2,1-3H3,(H,16,21)(H,19,20). The number of anilines is 1. The van der Waals surface area contributed by atoms with Crippen LogP contribution < -0.4 is 5.32 Å². The highest BCUT2D eigenvalue weighted by Gasteiger charge is 2.19. The molecule has 2 N–H and O–H groups in total. The minimum Gasteiger partial charge on any atom is -0.481 e. The largest absolute Gasteiger partial charge is 0.481 e. The van der Waals surface area contributed by atoms with E-state index in [0.29, 0.717) is 17.8 Å². The van der Waals surface area contributed by atoms with Gasteiger partial charge in [0, 0.05) is 24.3 Å². The van der Waals surface area contributed by atoms with Crippen LogP contribution in [0.3, 0.4) is 0 Å². The first-order valence-electron chi connectivity index (χ1n) is 6.74. The summed E-state index contributed by atoms with van der Waals surface area (Å²) in [5.41, 5.74) is 1.02. The summed E-state index contributed by atoms with van der Waals surface area (Å²) in [5, 5.41) is 11.6. The highest BCUT2D eigenvalue weighted by Crippen LogP contribution is 2.12. The molecular weight excluding hydrogens is 272 g/mol. The van der Waals surface area contributed by atoms with E-state index in [0.717, 1.165) is 0 Å². The Balaban J connectivity index is 2.76. The molecule has 6 heteroatoms. The van der Waals surface area contributed by atoms with Crippen LogP contribution in [-0.4, -0.2) is 40.9 Å². The van der Waals surface area contributed by atoms with Gasteiger partial charge in [0.1, 0.15) is 0 Å². The van der Waals surface area contributed by atoms with E-state index in [4.69, 9.17) is 5.11 Å². The number of carbonyl (C=O) groups excluding carboxylic acids is 2. The highest BCUT2D eigenvalue weighted by molar-refractivity contribution is 5.96. The van der Waals surface area contributed by atoms with Gasteiger partial charge in [-0.2, -0.15) is 0 Å². The lowest BCUT2D eigenvalue weighted by atomic mass is 10.1. The number of carboxylic acids is 1. The molecule has 0 aliphatic rings. The summed E-state index contributed by atoms with van der Waals surface area (Å²) in [6.07, 6.45) is 0. The Morgan fingerprint density at radius 3 is 2.52 bits per heavy atom. The van der Waals surface area contributed by atoms with E-state index < -0.39 is 11.9 Å². The average molecular weight is 292 g/mol. The number of benzene rings is 1. The third-order valence-corrected chi connectivity index (χ3v) is 3.11. The molecule has 0 heterocycles. The van der Waals surface area contributed by atoms with Gasteiger partial charge >= 0.3 is 12.0 Å². The maximum atomic E-state index is 12.1. The number of nitrogens with one attached hydrogen (secondary N) is 1. The zero-order valence-electron chi connectivity index (χ0n) is 12.4. The van der Waals surface area contributed by atoms with Crippen molar-refractivity contribution in [1.29, 1.82) is 0 Å². The second-order valence-corrected chi connectivity index (χ2v) is 4.85. The van der Waals surface area contributed by atoms with Gasteiger partial charge in [-0.15, -0.1) is 0 Å². The van der Waals surface area contributed by atoms with Crippen molar-refractivity contribution >= 4 is 23.5 Å². The summed E-state index contributed by atoms with van der Waals surface area (Å²) in [6, 6.07) is 6.24. The number of carbonyl (C=O) groups is 3. The first kappa shape index (κ1) is 16.7. The lowest BCUT2D eigenvalue weighted by molar-refractivity contribution is -0.141. The molecule has 0 aromatic heterocycles. The van der Waals surface area contributed by atoms with E-state index in [1.165, 1.54) is 11.8 Å². The number of amides is 2. The number of hydrogen-bond donors (Lipinski definition) is 2. The third kappa shape index (κ3) is 4.91. The van der Waals surface area contributed by atoms with Crippen molar-refractivity contribution in [3.8, 4) is 0 Å². The number of Topliss-reactive ketones (excluding diaryl/α,β-unsaturated/α-hetero) is 1. The number of rotatable bonds is 6. The third-order valence-electron chi connectivity index (χ3n) is 3.11. The Morgan fingerprint density at radius 1 is 1.33 bits per heavy atom. The van der Waals surface area contributed by atoms with Gasteiger partial charge in [-0.3, -0.25) is 9.59 Å². The van der Waals surface area contributed by atoms with Crippen LogP contribution in [0.15, 0.2) is 24.3 Å². The van der Waals surface area contributed by atoms with Crippen molar-refractivity contribution in [2.75, 3.05) is 18.4 Å². The molecule has 1 atom stereocenters. The molecular formula is C15H20N2O4. The van der Waals surface area contributed by atoms with Crippen LogP contribution in [0.2, 0.25) is 0 Å². The van der Waals surface area contributed by atoms with Crippen LogP contribution in [0.25, 0.3) is 0 Å². The van der Waals surface area contributed by atoms with E-state index in [-0.39, 0.29) is 18.4 Å². The molecule has 0 saturated heterocycles. The summed E-state index contributed by atoms with van der Waals surface area (Å²) in [4.78, 5) is 35.7. The number of hydrogen-bond acceptors (Lipinski definition) is 3. The van der Waals surface area contributed by atoms with E-state index in [9.17, 15) is 14.4 Å². The van der Waals surface area contributed by atoms with Crippen LogP contribution >= 0.6 is 0 Å². The van der Waals surface area contributed by atoms with Crippen molar-refractivity contribution in [1.82, 2.24) is 4.90 Å². The molecule has 1 aromatic rings. The second kappa shape index (κ2) is 7.42. The molecule has 6 nitrogen and oxygen atoms in total. The topological polar surface area (TPSA) is 86.7 Å². The number of ketones is 1. The number of nitrogens with zero attached hydrogens (tertiary/aromatic N) is 1. The predicted molar refractivity (Wildman–Crippen MR) is 79.5 cm³/mol. The first-order chi connectivity index (χ1) is 9.85. The summed E-state index contributed by atoms with van der Waals surface area (Å²) in [6.45, 7) is 5.31. The summed E-state index contributed by atoms with van der Waals surface area (Å²) >= 11 is 0. The van der Waals surface area contributed by atoms with Gasteiger partial charge in [-0.05, 0) is 26.0 Å². The number of aliphatic carboxylic acids is 1. The lowest BCUT2D eigenvalue weighted by Crippen LogP contribution is -2.39. The Hall–Kier alpha value is -2.37. The molecule has 21 heavy (non-hydrogen) atoms. The van der Waals surface area contributed by atoms with Crippen molar-refractivity contribution in [2.45, 2.75) is 20.8 Å². The fourth-order valence-corrected chi connectivity index (χ4v) is 1.78. The molecule has 0 bridgehead atoms. The predicted octanol–water partition coefficient (Wildman–Crippen LogP) is 2.46. The molecule has 0 fully saturated rings. The quantitative estimate of drug-likeness (QED) is 0.788. The zero-order chi connectivity index (χ0) is 16.0. The molecule has 2 amide bonds. The minimum atomic E-state index is -0.945. The van der Waals surface area contributed by atoms with Gasteiger partial charge in [0.2, 0.25) is 0 Å². The van der Waals surface area contributed by atoms with E-state index >= 15 is 0 Å². The molecule has 114 valence electrons. The smallest absolute Gasteiger partial charge is 0.321 e. The monoisotopic (exact) mass is 292 g/mol. The first-order valence-corrected chi connectivity index (χ1v) is 6.74. The SMILES string of the molecule is CCN(CC(C)C(=O)O)C(=O)Nc1cccc(C(C)=O)c1. The molecule has 0 aliphatic heterocycles. The summed E-state index contributed by atoms with van der Waals surface area (Å²) < 4.78 is 0. The fraction of sp³-hybridized carbons (Fsp3) is 0.400. The molecule has 0 radical (unpaired) electrons. The van der Waals surface area contributed by atoms with Crippen LogP contribution in [0.4, 0.5) is 10.5 Å². The number of urea groups is 1. The summed E-state index contributed by atoms with van der Waals surface area (Å²) in [5.74, 6) is -1.67. The van der Waals surface area contributed by atoms with Crippen molar-refractivity contribution in [3.05, 3.63) is 29.8 Å². The van der Waals surface area contributed by atoms with Crippen molar-refractivity contribution < 1.29 is 19.5 Å². The van der Waals surface area contributed by atoms with Gasteiger partial charge < -0.3 is 15.3 Å². The minimum absolute atomic E-state index is 0.0852. The van der Waals surface area contributed by atoms with Crippen molar-refractivity contribution in [2.24, 2.45) is 5.92 Å². The second-order valence-electron chi connectivity index (χ2n) is 4.85. The zero-order valence-corrected chi connectivity index (χ0v) is 12.4. The maximum Gasteiger partial charge on any atom is 0.321 e. The molecule has 1 rings (SSSR count). The van der Waals surface area contributed by atoms with Gasteiger partial charge in [0.05, 0.1) is 5.92 Å². The van der Waals surface area contributed by atoms with Gasteiger partial charge in [-0.1, -0.05) is 19.1 Å². The fourth-order valence-electron chi connectivity index (χ4n) is 1.78. The van der Waals surface area contributed by atoms with Gasteiger partial charge in [0.15, 0.2) is 5.78 Å². The van der Waals surface area contributed by atoms with Gasteiger partial charge in [0.25, 0.3) is 0 Å².